The van der Waals surface area contributed by atoms with Crippen molar-refractivity contribution >= 4 is 22.4 Å². The average molecular weight is 377 g/mol. The van der Waals surface area contributed by atoms with Crippen molar-refractivity contribution in [1.29, 1.82) is 0 Å². The summed E-state index contributed by atoms with van der Waals surface area (Å²) in [5.41, 5.74) is 3.14. The van der Waals surface area contributed by atoms with E-state index in [1.54, 1.807) is 12.1 Å². The van der Waals surface area contributed by atoms with E-state index in [2.05, 4.69) is 17.3 Å². The Bertz CT molecular complexity index is 1050. The molecule has 0 aliphatic carbocycles. The number of aryl methyl sites for hydroxylation is 3. The van der Waals surface area contributed by atoms with Crippen LogP contribution in [-0.4, -0.2) is 15.7 Å². The number of aromatic nitrogens is 2. The molecule has 1 amide bonds. The molecule has 1 heterocycles. The predicted octanol–water partition coefficient (Wildman–Crippen LogP) is 4.85. The Morgan fingerprint density at radius 1 is 1.00 bits per heavy atom. The summed E-state index contributed by atoms with van der Waals surface area (Å²) in [5.74, 6) is -0.304. The van der Waals surface area contributed by atoms with Crippen LogP contribution < -0.4 is 10.9 Å². The van der Waals surface area contributed by atoms with Crippen molar-refractivity contribution in [2.24, 2.45) is 0 Å². The highest BCUT2D eigenvalue weighted by Gasteiger charge is 2.17. The molecule has 0 saturated heterocycles. The fraction of sp³-hybridized carbons (Fsp3) is 0.348. The van der Waals surface area contributed by atoms with Crippen LogP contribution in [0.1, 0.15) is 54.2 Å². The number of hydrogen-bond donors (Lipinski definition) is 1. The van der Waals surface area contributed by atoms with E-state index in [0.717, 1.165) is 36.9 Å². The Labute approximate surface area is 165 Å². The molecule has 0 spiro atoms. The summed E-state index contributed by atoms with van der Waals surface area (Å²) in [4.78, 5) is 25.8. The third kappa shape index (κ3) is 4.30. The smallest absolute Gasteiger partial charge is 0.276 e. The van der Waals surface area contributed by atoms with Gasteiger partial charge >= 0.3 is 0 Å². The molecule has 0 fully saturated rings. The van der Waals surface area contributed by atoms with Crippen LogP contribution in [0.4, 0.5) is 5.69 Å². The Hall–Kier alpha value is -2.95. The van der Waals surface area contributed by atoms with Crippen molar-refractivity contribution in [2.75, 3.05) is 5.32 Å². The van der Waals surface area contributed by atoms with Gasteiger partial charge in [0.05, 0.1) is 5.39 Å². The molecule has 0 radical (unpaired) electrons. The number of carbonyl (C=O) groups is 1. The fourth-order valence-electron chi connectivity index (χ4n) is 3.25. The van der Waals surface area contributed by atoms with Gasteiger partial charge in [-0.15, -0.1) is 0 Å². The number of carbonyl (C=O) groups excluding carboxylic acids is 1. The zero-order valence-electron chi connectivity index (χ0n) is 16.8. The average Bonchev–Trinajstić information content (AvgIpc) is 2.69. The third-order valence-corrected chi connectivity index (χ3v) is 5.07. The molecule has 0 unspecified atom stereocenters. The molecular formula is C23H27N3O2. The number of nitrogens with one attached hydrogen (secondary N) is 1. The third-order valence-electron chi connectivity index (χ3n) is 5.07. The van der Waals surface area contributed by atoms with Gasteiger partial charge in [0.2, 0.25) is 0 Å². The lowest BCUT2D eigenvalue weighted by atomic mass is 10.1. The van der Waals surface area contributed by atoms with Gasteiger partial charge < -0.3 is 5.32 Å². The zero-order chi connectivity index (χ0) is 20.1. The standard InChI is InChI=1S/C23H27N3O2/c1-4-5-6-9-14-26-23(28)20-11-8-7-10-19(20)21(25-26)22(27)24-18-13-12-16(2)17(3)15-18/h7-8,10-13,15H,4-6,9,14H2,1-3H3,(H,24,27). The highest BCUT2D eigenvalue weighted by Crippen LogP contribution is 2.18. The number of unbranched alkanes of at least 4 members (excludes halogenated alkanes) is 3. The highest BCUT2D eigenvalue weighted by atomic mass is 16.2. The first-order valence-electron chi connectivity index (χ1n) is 9.89. The van der Waals surface area contributed by atoms with Crippen LogP contribution in [0.3, 0.4) is 0 Å². The lowest BCUT2D eigenvalue weighted by Gasteiger charge is -2.12. The lowest BCUT2D eigenvalue weighted by molar-refractivity contribution is 0.102. The first kappa shape index (κ1) is 19.8. The second-order valence-corrected chi connectivity index (χ2v) is 7.24. The van der Waals surface area contributed by atoms with Crippen molar-refractivity contribution in [3.63, 3.8) is 0 Å². The lowest BCUT2D eigenvalue weighted by Crippen LogP contribution is -2.27. The number of nitrogens with zero attached hydrogens (tertiary/aromatic N) is 2. The molecule has 0 saturated carbocycles. The van der Waals surface area contributed by atoms with Crippen LogP contribution in [0.5, 0.6) is 0 Å². The summed E-state index contributed by atoms with van der Waals surface area (Å²) in [5, 5.41) is 8.46. The van der Waals surface area contributed by atoms with E-state index in [4.69, 9.17) is 0 Å². The van der Waals surface area contributed by atoms with Gasteiger partial charge in [-0.1, -0.05) is 50.5 Å². The van der Waals surface area contributed by atoms with Gasteiger partial charge in [-0.25, -0.2) is 4.68 Å². The maximum atomic E-state index is 13.0. The number of amides is 1. The van der Waals surface area contributed by atoms with Crippen LogP contribution >= 0.6 is 0 Å². The molecule has 0 aliphatic heterocycles. The summed E-state index contributed by atoms with van der Waals surface area (Å²) < 4.78 is 1.44. The maximum Gasteiger partial charge on any atom is 0.276 e. The molecule has 2 aromatic carbocycles. The molecule has 3 rings (SSSR count). The van der Waals surface area contributed by atoms with Gasteiger partial charge in [-0.3, -0.25) is 9.59 Å². The fourth-order valence-corrected chi connectivity index (χ4v) is 3.25. The van der Waals surface area contributed by atoms with Crippen LogP contribution in [0.25, 0.3) is 10.8 Å². The molecule has 0 aliphatic rings. The molecule has 1 N–H and O–H groups in total. The van der Waals surface area contributed by atoms with E-state index < -0.39 is 0 Å². The summed E-state index contributed by atoms with van der Waals surface area (Å²) in [6.07, 6.45) is 4.17. The highest BCUT2D eigenvalue weighted by molar-refractivity contribution is 6.11. The minimum Gasteiger partial charge on any atom is -0.321 e. The van der Waals surface area contributed by atoms with Crippen molar-refractivity contribution in [1.82, 2.24) is 9.78 Å². The number of rotatable bonds is 7. The minimum absolute atomic E-state index is 0.144. The Kier molecular flexibility index (Phi) is 6.24. The normalized spacial score (nSPS) is 11.0. The first-order valence-corrected chi connectivity index (χ1v) is 9.89. The van der Waals surface area contributed by atoms with Crippen LogP contribution in [0.2, 0.25) is 0 Å². The molecule has 1 aromatic heterocycles. The monoisotopic (exact) mass is 377 g/mol. The molecule has 5 heteroatoms. The van der Waals surface area contributed by atoms with Crippen LogP contribution in [-0.2, 0) is 6.54 Å². The van der Waals surface area contributed by atoms with E-state index in [0.29, 0.717) is 17.3 Å². The van der Waals surface area contributed by atoms with Gasteiger partial charge in [-0.2, -0.15) is 5.10 Å². The summed E-state index contributed by atoms with van der Waals surface area (Å²) >= 11 is 0. The Morgan fingerprint density at radius 3 is 2.46 bits per heavy atom. The Balaban J connectivity index is 1.96. The molecule has 0 bridgehead atoms. The van der Waals surface area contributed by atoms with Crippen LogP contribution in [0.15, 0.2) is 47.3 Å². The number of hydrogen-bond acceptors (Lipinski definition) is 3. The molecule has 3 aromatic rings. The van der Waals surface area contributed by atoms with E-state index in [-0.39, 0.29) is 17.2 Å². The van der Waals surface area contributed by atoms with Crippen LogP contribution in [0, 0.1) is 13.8 Å². The molecule has 5 nitrogen and oxygen atoms in total. The topological polar surface area (TPSA) is 64.0 Å². The zero-order valence-corrected chi connectivity index (χ0v) is 16.8. The van der Waals surface area contributed by atoms with E-state index in [1.165, 1.54) is 10.2 Å². The summed E-state index contributed by atoms with van der Waals surface area (Å²) in [6.45, 7) is 6.71. The predicted molar refractivity (Wildman–Crippen MR) is 114 cm³/mol. The number of benzene rings is 2. The van der Waals surface area contributed by atoms with Crippen molar-refractivity contribution in [3.8, 4) is 0 Å². The summed E-state index contributed by atoms with van der Waals surface area (Å²) in [6, 6.07) is 13.0. The Morgan fingerprint density at radius 2 is 1.75 bits per heavy atom. The second-order valence-electron chi connectivity index (χ2n) is 7.24. The molecular weight excluding hydrogens is 350 g/mol. The SMILES string of the molecule is CCCCCCn1nc(C(=O)Nc2ccc(C)c(C)c2)c2ccccc2c1=O. The van der Waals surface area contributed by atoms with E-state index in [9.17, 15) is 9.59 Å². The summed E-state index contributed by atoms with van der Waals surface area (Å²) in [7, 11) is 0. The van der Waals surface area contributed by atoms with Crippen molar-refractivity contribution < 1.29 is 4.79 Å². The van der Waals surface area contributed by atoms with Crippen molar-refractivity contribution in [2.45, 2.75) is 53.0 Å². The second kappa shape index (κ2) is 8.83. The number of anilines is 1. The van der Waals surface area contributed by atoms with E-state index in [1.807, 2.05) is 44.2 Å². The molecule has 146 valence electrons. The van der Waals surface area contributed by atoms with Gasteiger partial charge in [0, 0.05) is 17.6 Å². The molecule has 28 heavy (non-hydrogen) atoms. The molecule has 0 atom stereocenters. The largest absolute Gasteiger partial charge is 0.321 e. The number of fused-ring (bicyclic) bond motifs is 1. The van der Waals surface area contributed by atoms with E-state index >= 15 is 0 Å². The quantitative estimate of drug-likeness (QED) is 0.599. The minimum atomic E-state index is -0.304. The first-order chi connectivity index (χ1) is 13.5. The van der Waals surface area contributed by atoms with Gasteiger partial charge in [0.15, 0.2) is 5.69 Å². The van der Waals surface area contributed by atoms with Crippen molar-refractivity contribution in [3.05, 3.63) is 69.6 Å². The van der Waals surface area contributed by atoms with Gasteiger partial charge in [-0.05, 0) is 49.6 Å². The maximum absolute atomic E-state index is 13.0. The van der Waals surface area contributed by atoms with Gasteiger partial charge in [0.25, 0.3) is 11.5 Å². The van der Waals surface area contributed by atoms with Gasteiger partial charge in [0.1, 0.15) is 0 Å².